The van der Waals surface area contributed by atoms with Gasteiger partial charge in [0, 0.05) is 24.3 Å². The number of pyridine rings is 1. The summed E-state index contributed by atoms with van der Waals surface area (Å²) < 4.78 is 5.54. The molecule has 0 radical (unpaired) electrons. The molecule has 0 spiro atoms. The molecule has 1 saturated heterocycles. The molecule has 1 unspecified atom stereocenters. The number of carbonyl (C=O) groups is 2. The Labute approximate surface area is 178 Å². The van der Waals surface area contributed by atoms with Crippen molar-refractivity contribution in [1.82, 2.24) is 9.88 Å². The maximum absolute atomic E-state index is 13.0. The fourth-order valence-electron chi connectivity index (χ4n) is 3.72. The lowest BCUT2D eigenvalue weighted by atomic mass is 10.1. The highest BCUT2D eigenvalue weighted by Crippen LogP contribution is 2.33. The number of hydrogen-bond donors (Lipinski definition) is 0. The van der Waals surface area contributed by atoms with Crippen molar-refractivity contribution in [1.29, 1.82) is 0 Å². The highest BCUT2D eigenvalue weighted by molar-refractivity contribution is 5.94. The second-order valence-electron chi connectivity index (χ2n) is 8.92. The van der Waals surface area contributed by atoms with E-state index < -0.39 is 11.7 Å². The average molecular weight is 410 g/mol. The third-order valence-electron chi connectivity index (χ3n) is 5.04. The number of likely N-dealkylation sites (tertiary alicyclic amines) is 1. The van der Waals surface area contributed by atoms with Gasteiger partial charge in [-0.2, -0.15) is 0 Å². The summed E-state index contributed by atoms with van der Waals surface area (Å²) in [7, 11) is 0. The van der Waals surface area contributed by atoms with Crippen LogP contribution >= 0.6 is 0 Å². The van der Waals surface area contributed by atoms with Crippen LogP contribution in [-0.4, -0.2) is 40.1 Å². The Morgan fingerprint density at radius 1 is 1.13 bits per heavy atom. The molecule has 1 aliphatic rings. The van der Waals surface area contributed by atoms with E-state index in [9.17, 15) is 9.59 Å². The maximum Gasteiger partial charge on any atom is 0.416 e. The van der Waals surface area contributed by atoms with Gasteiger partial charge in [-0.3, -0.25) is 9.69 Å². The van der Waals surface area contributed by atoms with E-state index in [4.69, 9.17) is 4.74 Å². The minimum atomic E-state index is -0.577. The molecule has 30 heavy (non-hydrogen) atoms. The zero-order valence-corrected chi connectivity index (χ0v) is 18.5. The molecule has 0 N–H and O–H groups in total. The van der Waals surface area contributed by atoms with Crippen LogP contribution in [0.15, 0.2) is 48.7 Å². The standard InChI is InChI=1S/C24H31N3O3/c1-17(2)27(23(29)30-24(3,4)5)21-14-13-19(16-25-21)20-12-9-15-26(20)22(28)18-10-7-6-8-11-18/h6-8,10-11,13-14,16-17,20H,9,12,15H2,1-5H3. The van der Waals surface area contributed by atoms with E-state index in [0.29, 0.717) is 11.4 Å². The van der Waals surface area contributed by atoms with Crippen LogP contribution in [0.4, 0.5) is 10.6 Å². The topological polar surface area (TPSA) is 62.7 Å². The Morgan fingerprint density at radius 2 is 1.83 bits per heavy atom. The van der Waals surface area contributed by atoms with Gasteiger partial charge in [0.1, 0.15) is 11.4 Å². The predicted molar refractivity (Wildman–Crippen MR) is 118 cm³/mol. The normalized spacial score (nSPS) is 16.6. The Kier molecular flexibility index (Phi) is 6.44. The van der Waals surface area contributed by atoms with Gasteiger partial charge in [0.2, 0.25) is 0 Å². The van der Waals surface area contributed by atoms with E-state index in [1.54, 1.807) is 11.1 Å². The summed E-state index contributed by atoms with van der Waals surface area (Å²) in [6, 6.07) is 13.1. The van der Waals surface area contributed by atoms with Gasteiger partial charge in [-0.05, 0) is 71.2 Å². The molecule has 0 bridgehead atoms. The molecule has 2 aromatic rings. The Hall–Kier alpha value is -2.89. The average Bonchev–Trinajstić information content (AvgIpc) is 3.17. The molecule has 6 heteroatoms. The lowest BCUT2D eigenvalue weighted by Crippen LogP contribution is -2.41. The number of carbonyl (C=O) groups excluding carboxylic acids is 2. The lowest BCUT2D eigenvalue weighted by molar-refractivity contribution is 0.0569. The number of anilines is 1. The van der Waals surface area contributed by atoms with Crippen LogP contribution in [0, 0.1) is 0 Å². The van der Waals surface area contributed by atoms with Crippen LogP contribution in [0.25, 0.3) is 0 Å². The Morgan fingerprint density at radius 3 is 2.40 bits per heavy atom. The van der Waals surface area contributed by atoms with Gasteiger partial charge in [0.15, 0.2) is 0 Å². The SMILES string of the molecule is CC(C)N(C(=O)OC(C)(C)C)c1ccc(C2CCCN2C(=O)c2ccccc2)cn1. The molecule has 2 amide bonds. The first-order valence-electron chi connectivity index (χ1n) is 10.5. The van der Waals surface area contributed by atoms with E-state index in [-0.39, 0.29) is 18.0 Å². The highest BCUT2D eigenvalue weighted by atomic mass is 16.6. The Balaban J connectivity index is 1.80. The minimum Gasteiger partial charge on any atom is -0.443 e. The number of hydrogen-bond acceptors (Lipinski definition) is 4. The van der Waals surface area contributed by atoms with E-state index in [2.05, 4.69) is 4.98 Å². The van der Waals surface area contributed by atoms with Crippen molar-refractivity contribution in [3.05, 3.63) is 59.8 Å². The molecule has 6 nitrogen and oxygen atoms in total. The van der Waals surface area contributed by atoms with Crippen LogP contribution in [-0.2, 0) is 4.74 Å². The number of aromatic nitrogens is 1. The fourth-order valence-corrected chi connectivity index (χ4v) is 3.72. The molecule has 1 fully saturated rings. The summed E-state index contributed by atoms with van der Waals surface area (Å²) in [6.07, 6.45) is 3.22. The van der Waals surface area contributed by atoms with E-state index in [1.807, 2.05) is 82.0 Å². The zero-order chi connectivity index (χ0) is 21.9. The molecule has 3 rings (SSSR count). The number of nitrogens with zero attached hydrogens (tertiary/aromatic N) is 3. The minimum absolute atomic E-state index is 0.00622. The molecule has 0 saturated carbocycles. The van der Waals surface area contributed by atoms with Gasteiger partial charge >= 0.3 is 6.09 Å². The van der Waals surface area contributed by atoms with Crippen molar-refractivity contribution in [3.63, 3.8) is 0 Å². The van der Waals surface area contributed by atoms with Crippen LogP contribution in [0.3, 0.4) is 0 Å². The lowest BCUT2D eigenvalue weighted by Gasteiger charge is -2.30. The molecule has 0 aliphatic carbocycles. The quantitative estimate of drug-likeness (QED) is 0.695. The molecule has 2 heterocycles. The summed E-state index contributed by atoms with van der Waals surface area (Å²) in [5.74, 6) is 0.585. The van der Waals surface area contributed by atoms with E-state index >= 15 is 0 Å². The van der Waals surface area contributed by atoms with Gasteiger partial charge in [-0.15, -0.1) is 0 Å². The number of rotatable bonds is 4. The van der Waals surface area contributed by atoms with E-state index in [1.165, 1.54) is 0 Å². The van der Waals surface area contributed by atoms with Crippen molar-refractivity contribution in [3.8, 4) is 0 Å². The van der Waals surface area contributed by atoms with Gasteiger partial charge in [0.05, 0.1) is 6.04 Å². The predicted octanol–water partition coefficient (Wildman–Crippen LogP) is 5.21. The largest absolute Gasteiger partial charge is 0.443 e. The van der Waals surface area contributed by atoms with Crippen molar-refractivity contribution < 1.29 is 14.3 Å². The monoisotopic (exact) mass is 409 g/mol. The second kappa shape index (κ2) is 8.86. The summed E-state index contributed by atoms with van der Waals surface area (Å²) in [5.41, 5.74) is 1.10. The molecule has 1 aromatic heterocycles. The third-order valence-corrected chi connectivity index (χ3v) is 5.04. The van der Waals surface area contributed by atoms with Crippen molar-refractivity contribution in [2.24, 2.45) is 0 Å². The number of ether oxygens (including phenoxy) is 1. The molecular weight excluding hydrogens is 378 g/mol. The van der Waals surface area contributed by atoms with Gasteiger partial charge < -0.3 is 9.64 Å². The number of amides is 2. The Bertz CT molecular complexity index is 873. The highest BCUT2D eigenvalue weighted by Gasteiger charge is 2.31. The maximum atomic E-state index is 13.0. The smallest absolute Gasteiger partial charge is 0.416 e. The first-order chi connectivity index (χ1) is 14.2. The third kappa shape index (κ3) is 4.99. The fraction of sp³-hybridized carbons (Fsp3) is 0.458. The van der Waals surface area contributed by atoms with Crippen molar-refractivity contribution in [2.75, 3.05) is 11.4 Å². The molecular formula is C24H31N3O3. The van der Waals surface area contributed by atoms with Crippen molar-refractivity contribution in [2.45, 2.75) is 65.1 Å². The van der Waals surface area contributed by atoms with Crippen LogP contribution < -0.4 is 4.90 Å². The van der Waals surface area contributed by atoms with Crippen LogP contribution in [0.2, 0.25) is 0 Å². The molecule has 160 valence electrons. The van der Waals surface area contributed by atoms with Gasteiger partial charge in [0.25, 0.3) is 5.91 Å². The summed E-state index contributed by atoms with van der Waals surface area (Å²) in [4.78, 5) is 33.6. The first kappa shape index (κ1) is 21.8. The van der Waals surface area contributed by atoms with Crippen molar-refractivity contribution >= 4 is 17.8 Å². The summed E-state index contributed by atoms with van der Waals surface area (Å²) >= 11 is 0. The number of benzene rings is 1. The van der Waals surface area contributed by atoms with Gasteiger partial charge in [-0.25, -0.2) is 9.78 Å². The molecule has 1 atom stereocenters. The summed E-state index contributed by atoms with van der Waals surface area (Å²) in [5, 5.41) is 0. The second-order valence-corrected chi connectivity index (χ2v) is 8.92. The van der Waals surface area contributed by atoms with Crippen LogP contribution in [0.5, 0.6) is 0 Å². The van der Waals surface area contributed by atoms with Gasteiger partial charge in [-0.1, -0.05) is 24.3 Å². The zero-order valence-electron chi connectivity index (χ0n) is 18.5. The summed E-state index contributed by atoms with van der Waals surface area (Å²) in [6.45, 7) is 10.1. The molecule has 1 aliphatic heterocycles. The first-order valence-corrected chi connectivity index (χ1v) is 10.5. The molecule has 1 aromatic carbocycles. The van der Waals surface area contributed by atoms with Crippen LogP contribution in [0.1, 0.15) is 69.4 Å². The van der Waals surface area contributed by atoms with E-state index in [0.717, 1.165) is 24.9 Å².